The zero-order valence-electron chi connectivity index (χ0n) is 22.3. The Balaban J connectivity index is 0.00000115. The molecule has 0 bridgehead atoms. The van der Waals surface area contributed by atoms with Crippen LogP contribution in [0.25, 0.3) is 11.1 Å². The Morgan fingerprint density at radius 1 is 1.14 bits per heavy atom. The molecule has 0 saturated carbocycles. The number of unbranched alkanes of at least 4 members (excludes halogenated alkanes) is 2. The minimum absolute atomic E-state index is 0.278. The third kappa shape index (κ3) is 11.9. The molecular formula is C27H41F3N6. The van der Waals surface area contributed by atoms with Crippen LogP contribution in [0.1, 0.15) is 78.2 Å². The highest BCUT2D eigenvalue weighted by atomic mass is 19.4. The fourth-order valence-electron chi connectivity index (χ4n) is 3.26. The van der Waals surface area contributed by atoms with Gasteiger partial charge in [-0.1, -0.05) is 39.3 Å². The van der Waals surface area contributed by atoms with Crippen molar-refractivity contribution in [2.45, 2.75) is 72.9 Å². The predicted molar refractivity (Wildman–Crippen MR) is 146 cm³/mol. The SMILES string of the molecule is C=C(N)C(=C\CC)/C=C(N)\C(C=N)=C(/C)c1nc(/C(C)=C/C(C)=N)cn1C.CCCCCC(F)(F)F. The monoisotopic (exact) mass is 506 g/mol. The second-order valence-corrected chi connectivity index (χ2v) is 8.52. The number of rotatable bonds is 11. The lowest BCUT2D eigenvalue weighted by Gasteiger charge is -2.10. The fourth-order valence-corrected chi connectivity index (χ4v) is 3.26. The minimum atomic E-state index is -3.95. The van der Waals surface area contributed by atoms with Gasteiger partial charge in [0.15, 0.2) is 0 Å². The first-order valence-corrected chi connectivity index (χ1v) is 11.9. The first-order chi connectivity index (χ1) is 16.7. The van der Waals surface area contributed by atoms with E-state index in [-0.39, 0.29) is 6.42 Å². The topological polar surface area (TPSA) is 118 Å². The molecule has 6 N–H and O–H groups in total. The van der Waals surface area contributed by atoms with Crippen LogP contribution in [0.4, 0.5) is 13.2 Å². The first kappa shape index (κ1) is 32.6. The summed E-state index contributed by atoms with van der Waals surface area (Å²) in [4.78, 5) is 4.66. The Kier molecular flexibility index (Phi) is 14.1. The Morgan fingerprint density at radius 2 is 1.75 bits per heavy atom. The molecule has 1 aromatic rings. The molecule has 0 atom stereocenters. The summed E-state index contributed by atoms with van der Waals surface area (Å²) in [6, 6.07) is 0. The number of hydrogen-bond acceptors (Lipinski definition) is 5. The van der Waals surface area contributed by atoms with Gasteiger partial charge >= 0.3 is 6.18 Å². The van der Waals surface area contributed by atoms with Crippen molar-refractivity contribution in [1.82, 2.24) is 9.55 Å². The van der Waals surface area contributed by atoms with E-state index in [0.717, 1.165) is 35.3 Å². The molecule has 1 heterocycles. The summed E-state index contributed by atoms with van der Waals surface area (Å²) >= 11 is 0. The maximum atomic E-state index is 11.4. The Labute approximate surface area is 213 Å². The van der Waals surface area contributed by atoms with Crippen LogP contribution in [-0.4, -0.2) is 27.7 Å². The van der Waals surface area contributed by atoms with Crippen LogP contribution in [0.5, 0.6) is 0 Å². The molecule has 0 aromatic carbocycles. The van der Waals surface area contributed by atoms with Crippen LogP contribution < -0.4 is 11.5 Å². The first-order valence-electron chi connectivity index (χ1n) is 11.9. The highest BCUT2D eigenvalue weighted by molar-refractivity contribution is 5.96. The third-order valence-corrected chi connectivity index (χ3v) is 5.08. The molecule has 0 spiro atoms. The highest BCUT2D eigenvalue weighted by Gasteiger charge is 2.25. The van der Waals surface area contributed by atoms with Crippen molar-refractivity contribution in [3.8, 4) is 0 Å². The minimum Gasteiger partial charge on any atom is -0.399 e. The summed E-state index contributed by atoms with van der Waals surface area (Å²) in [5, 5.41) is 15.4. The zero-order chi connectivity index (χ0) is 28.1. The van der Waals surface area contributed by atoms with Gasteiger partial charge in [-0.15, -0.1) is 0 Å². The lowest BCUT2D eigenvalue weighted by Crippen LogP contribution is -2.08. The molecule has 0 aliphatic heterocycles. The van der Waals surface area contributed by atoms with Gasteiger partial charge in [-0.2, -0.15) is 13.2 Å². The number of aromatic nitrogens is 2. The summed E-state index contributed by atoms with van der Waals surface area (Å²) in [6.07, 6.45) is 6.61. The number of aryl methyl sites for hydroxylation is 1. The van der Waals surface area contributed by atoms with E-state index in [0.29, 0.717) is 34.9 Å². The van der Waals surface area contributed by atoms with Gasteiger partial charge < -0.3 is 26.9 Å². The average Bonchev–Trinajstić information content (AvgIpc) is 3.15. The number of imidazole rings is 1. The third-order valence-electron chi connectivity index (χ3n) is 5.08. The second-order valence-electron chi connectivity index (χ2n) is 8.52. The van der Waals surface area contributed by atoms with Crippen LogP contribution in [-0.2, 0) is 7.05 Å². The lowest BCUT2D eigenvalue weighted by atomic mass is 10.0. The Bertz CT molecular complexity index is 1040. The van der Waals surface area contributed by atoms with Gasteiger partial charge in [0.25, 0.3) is 0 Å². The molecule has 0 fully saturated rings. The number of hydrogen-bond donors (Lipinski definition) is 4. The van der Waals surface area contributed by atoms with Crippen LogP contribution in [0.3, 0.4) is 0 Å². The number of nitrogens with zero attached hydrogens (tertiary/aromatic N) is 2. The summed E-state index contributed by atoms with van der Waals surface area (Å²) in [7, 11) is 1.89. The van der Waals surface area contributed by atoms with Crippen LogP contribution in [0.15, 0.2) is 53.5 Å². The zero-order valence-corrected chi connectivity index (χ0v) is 22.3. The Morgan fingerprint density at radius 3 is 2.19 bits per heavy atom. The molecule has 0 radical (unpaired) electrons. The second kappa shape index (κ2) is 15.6. The molecule has 0 unspecified atom stereocenters. The molecule has 9 heteroatoms. The van der Waals surface area contributed by atoms with Gasteiger partial charge in [-0.05, 0) is 56.9 Å². The van der Waals surface area contributed by atoms with Crippen LogP contribution in [0, 0.1) is 10.8 Å². The Hall–Kier alpha value is -3.36. The van der Waals surface area contributed by atoms with Gasteiger partial charge in [0.05, 0.1) is 5.69 Å². The number of halogens is 3. The molecule has 0 saturated heterocycles. The maximum Gasteiger partial charge on any atom is 0.389 e. The molecule has 0 aliphatic rings. The van der Waals surface area contributed by atoms with Crippen molar-refractivity contribution >= 4 is 23.1 Å². The van der Waals surface area contributed by atoms with Gasteiger partial charge in [0.2, 0.25) is 0 Å². The van der Waals surface area contributed by atoms with Crippen molar-refractivity contribution < 1.29 is 13.2 Å². The summed E-state index contributed by atoms with van der Waals surface area (Å²) in [5.74, 6) is 0.711. The quantitative estimate of drug-likeness (QED) is 0.146. The van der Waals surface area contributed by atoms with E-state index in [1.54, 1.807) is 19.1 Å². The van der Waals surface area contributed by atoms with E-state index in [1.165, 1.54) is 6.21 Å². The molecule has 200 valence electrons. The van der Waals surface area contributed by atoms with Crippen molar-refractivity contribution in [3.63, 3.8) is 0 Å². The summed E-state index contributed by atoms with van der Waals surface area (Å²) in [6.45, 7) is 13.2. The molecule has 1 rings (SSSR count). The smallest absolute Gasteiger partial charge is 0.389 e. The van der Waals surface area contributed by atoms with E-state index in [1.807, 2.05) is 51.6 Å². The van der Waals surface area contributed by atoms with Gasteiger partial charge in [-0.3, -0.25) is 0 Å². The van der Waals surface area contributed by atoms with Gasteiger partial charge in [0.1, 0.15) is 5.82 Å². The summed E-state index contributed by atoms with van der Waals surface area (Å²) < 4.78 is 36.0. The fraction of sp³-hybridized carbons (Fsp3) is 0.444. The van der Waals surface area contributed by atoms with Crippen molar-refractivity contribution in [2.24, 2.45) is 18.5 Å². The number of nitrogens with two attached hydrogens (primary N) is 2. The van der Waals surface area contributed by atoms with Gasteiger partial charge in [0, 0.05) is 54.1 Å². The van der Waals surface area contributed by atoms with Crippen molar-refractivity contribution in [3.05, 3.63) is 65.1 Å². The highest BCUT2D eigenvalue weighted by Crippen LogP contribution is 2.24. The predicted octanol–water partition coefficient (Wildman–Crippen LogP) is 7.07. The molecule has 6 nitrogen and oxygen atoms in total. The van der Waals surface area contributed by atoms with Crippen molar-refractivity contribution in [2.75, 3.05) is 0 Å². The van der Waals surface area contributed by atoms with E-state index >= 15 is 0 Å². The maximum absolute atomic E-state index is 11.4. The average molecular weight is 507 g/mol. The van der Waals surface area contributed by atoms with Crippen molar-refractivity contribution in [1.29, 1.82) is 10.8 Å². The standard InChI is InChI=1S/C21H30N6.C6H11F3/c1-7-8-17(16(5)24)10-19(25)18(11-22)15(4)21-26-20(12-27(21)6)13(2)9-14(3)23;1-2-3-4-5-6(7,8)9/h8-12,22-23H,5,7,24-25H2,1-4,6H3;2-5H2,1H3/b13-9+,17-8-,18-15+,19-10+,22-11?,23-14?;. The lowest BCUT2D eigenvalue weighted by molar-refractivity contribution is -0.135. The van der Waals surface area contributed by atoms with E-state index in [9.17, 15) is 13.2 Å². The molecule has 1 aromatic heterocycles. The molecular weight excluding hydrogens is 465 g/mol. The molecule has 0 aliphatic carbocycles. The largest absolute Gasteiger partial charge is 0.399 e. The van der Waals surface area contributed by atoms with E-state index < -0.39 is 12.6 Å². The summed E-state index contributed by atoms with van der Waals surface area (Å²) in [5.41, 5.74) is 17.2. The molecule has 0 amide bonds. The van der Waals surface area contributed by atoms with Crippen LogP contribution >= 0.6 is 0 Å². The van der Waals surface area contributed by atoms with E-state index in [2.05, 4.69) is 11.6 Å². The van der Waals surface area contributed by atoms with Gasteiger partial charge in [-0.25, -0.2) is 4.98 Å². The normalized spacial score (nSPS) is 13.5. The van der Waals surface area contributed by atoms with E-state index in [4.69, 9.17) is 22.3 Å². The van der Waals surface area contributed by atoms with Crippen LogP contribution in [0.2, 0.25) is 0 Å². The number of alkyl halides is 3. The number of nitrogens with one attached hydrogen (secondary N) is 2. The molecule has 36 heavy (non-hydrogen) atoms. The number of allylic oxidation sites excluding steroid dienone is 6.